The Morgan fingerprint density at radius 1 is 1.26 bits per heavy atom. The lowest BCUT2D eigenvalue weighted by Gasteiger charge is -2.02. The molecule has 0 aliphatic rings. The molecular formula is C13H9BrClN3O. The summed E-state index contributed by atoms with van der Waals surface area (Å²) in [5, 5.41) is 3.71. The Morgan fingerprint density at radius 3 is 2.84 bits per heavy atom. The lowest BCUT2D eigenvalue weighted by Crippen LogP contribution is -1.90. The van der Waals surface area contributed by atoms with Gasteiger partial charge in [0.05, 0.1) is 10.7 Å². The molecule has 96 valence electrons. The highest BCUT2D eigenvalue weighted by molar-refractivity contribution is 9.10. The maximum Gasteiger partial charge on any atom is 0.300 e. The number of para-hydroxylation sites is 1. The van der Waals surface area contributed by atoms with Crippen molar-refractivity contribution in [3.8, 4) is 0 Å². The smallest absolute Gasteiger partial charge is 0.300 e. The van der Waals surface area contributed by atoms with Gasteiger partial charge in [-0.15, -0.1) is 0 Å². The summed E-state index contributed by atoms with van der Waals surface area (Å²) in [5.74, 6) is 0. The first kappa shape index (κ1) is 12.3. The molecule has 6 heteroatoms. The minimum absolute atomic E-state index is 0.391. The van der Waals surface area contributed by atoms with Crippen molar-refractivity contribution in [2.45, 2.75) is 0 Å². The van der Waals surface area contributed by atoms with Crippen molar-refractivity contribution >= 4 is 56.0 Å². The second kappa shape index (κ2) is 4.75. The van der Waals surface area contributed by atoms with Gasteiger partial charge in [-0.05, 0) is 46.3 Å². The number of aromatic nitrogens is 1. The van der Waals surface area contributed by atoms with Crippen LogP contribution in [0.5, 0.6) is 0 Å². The number of oxazole rings is 1. The first-order chi connectivity index (χ1) is 9.13. The predicted octanol–water partition coefficient (Wildman–Crippen LogP) is 4.57. The van der Waals surface area contributed by atoms with Crippen molar-refractivity contribution in [3.05, 3.63) is 45.9 Å². The molecule has 0 fully saturated rings. The second-order valence-corrected chi connectivity index (χ2v) is 5.23. The highest BCUT2D eigenvalue weighted by Crippen LogP contribution is 2.29. The number of hydrogen-bond donors (Lipinski definition) is 2. The molecule has 0 saturated heterocycles. The third-order valence-corrected chi connectivity index (χ3v) is 3.84. The largest absolute Gasteiger partial charge is 0.423 e. The van der Waals surface area contributed by atoms with E-state index in [1.54, 1.807) is 12.1 Å². The standard InChI is InChI=1S/C13H9BrClN3O/c14-8-6-7(4-5-9(8)15)17-13-18-12-10(16)2-1-3-11(12)19-13/h1-6H,16H2,(H,17,18). The minimum atomic E-state index is 0.391. The van der Waals surface area contributed by atoms with Crippen LogP contribution in [0, 0.1) is 0 Å². The molecule has 0 amide bonds. The first-order valence-electron chi connectivity index (χ1n) is 5.50. The number of fused-ring (bicyclic) bond motifs is 1. The first-order valence-corrected chi connectivity index (χ1v) is 6.68. The molecule has 0 radical (unpaired) electrons. The number of halogens is 2. The summed E-state index contributed by atoms with van der Waals surface area (Å²) >= 11 is 9.30. The van der Waals surface area contributed by atoms with Gasteiger partial charge in [-0.2, -0.15) is 4.98 Å². The van der Waals surface area contributed by atoms with E-state index in [9.17, 15) is 0 Å². The Bertz CT molecular complexity index is 757. The van der Waals surface area contributed by atoms with Crippen LogP contribution in [0.25, 0.3) is 11.1 Å². The summed E-state index contributed by atoms with van der Waals surface area (Å²) in [6.45, 7) is 0. The molecule has 1 heterocycles. The fourth-order valence-electron chi connectivity index (χ4n) is 1.72. The molecule has 4 nitrogen and oxygen atoms in total. The van der Waals surface area contributed by atoms with Gasteiger partial charge in [0.25, 0.3) is 6.01 Å². The van der Waals surface area contributed by atoms with E-state index < -0.39 is 0 Å². The molecule has 3 N–H and O–H groups in total. The summed E-state index contributed by atoms with van der Waals surface area (Å²) in [6.07, 6.45) is 0. The maximum atomic E-state index is 5.94. The van der Waals surface area contributed by atoms with E-state index in [4.69, 9.17) is 21.8 Å². The fraction of sp³-hybridized carbons (Fsp3) is 0. The quantitative estimate of drug-likeness (QED) is 0.672. The van der Waals surface area contributed by atoms with Gasteiger partial charge in [0, 0.05) is 10.2 Å². The number of anilines is 3. The van der Waals surface area contributed by atoms with Crippen LogP contribution < -0.4 is 11.1 Å². The molecule has 3 aromatic rings. The van der Waals surface area contributed by atoms with E-state index in [0.717, 1.165) is 10.2 Å². The van der Waals surface area contributed by atoms with Crippen molar-refractivity contribution in [1.82, 2.24) is 4.98 Å². The number of nitrogen functional groups attached to an aromatic ring is 1. The molecule has 0 atom stereocenters. The van der Waals surface area contributed by atoms with E-state index in [2.05, 4.69) is 26.2 Å². The van der Waals surface area contributed by atoms with Crippen LogP contribution in [0.2, 0.25) is 5.02 Å². The van der Waals surface area contributed by atoms with Crippen LogP contribution in [0.1, 0.15) is 0 Å². The summed E-state index contributed by atoms with van der Waals surface area (Å²) in [6, 6.07) is 11.3. The molecular weight excluding hydrogens is 330 g/mol. The average molecular weight is 339 g/mol. The van der Waals surface area contributed by atoms with Crippen molar-refractivity contribution in [2.24, 2.45) is 0 Å². The topological polar surface area (TPSA) is 64.1 Å². The highest BCUT2D eigenvalue weighted by Gasteiger charge is 2.08. The van der Waals surface area contributed by atoms with Gasteiger partial charge in [0.15, 0.2) is 5.58 Å². The zero-order valence-electron chi connectivity index (χ0n) is 9.65. The van der Waals surface area contributed by atoms with Gasteiger partial charge in [-0.25, -0.2) is 0 Å². The normalized spacial score (nSPS) is 10.8. The van der Waals surface area contributed by atoms with Gasteiger partial charge < -0.3 is 15.5 Å². The SMILES string of the molecule is Nc1cccc2oc(Nc3ccc(Cl)c(Br)c3)nc12. The second-order valence-electron chi connectivity index (χ2n) is 3.97. The summed E-state index contributed by atoms with van der Waals surface area (Å²) in [7, 11) is 0. The van der Waals surface area contributed by atoms with Crippen molar-refractivity contribution < 1.29 is 4.42 Å². The van der Waals surface area contributed by atoms with Crippen LogP contribution in [-0.2, 0) is 0 Å². The number of hydrogen-bond acceptors (Lipinski definition) is 4. The monoisotopic (exact) mass is 337 g/mol. The molecule has 0 saturated carbocycles. The van der Waals surface area contributed by atoms with Crippen molar-refractivity contribution in [2.75, 3.05) is 11.1 Å². The van der Waals surface area contributed by atoms with Crippen LogP contribution in [0.4, 0.5) is 17.4 Å². The van der Waals surface area contributed by atoms with E-state index >= 15 is 0 Å². The number of rotatable bonds is 2. The Kier molecular flexibility index (Phi) is 3.08. The fourth-order valence-corrected chi connectivity index (χ4v) is 2.22. The van der Waals surface area contributed by atoms with Crippen molar-refractivity contribution in [1.29, 1.82) is 0 Å². The Labute approximate surface area is 122 Å². The lowest BCUT2D eigenvalue weighted by molar-refractivity contribution is 0.623. The molecule has 0 aliphatic carbocycles. The van der Waals surface area contributed by atoms with E-state index in [1.807, 2.05) is 24.3 Å². The van der Waals surface area contributed by atoms with E-state index in [1.165, 1.54) is 0 Å². The van der Waals surface area contributed by atoms with Gasteiger partial charge in [-0.3, -0.25) is 0 Å². The third kappa shape index (κ3) is 2.39. The van der Waals surface area contributed by atoms with Crippen LogP contribution in [0.3, 0.4) is 0 Å². The number of nitrogens with one attached hydrogen (secondary N) is 1. The van der Waals surface area contributed by atoms with Crippen LogP contribution in [0.15, 0.2) is 45.3 Å². The Morgan fingerprint density at radius 2 is 2.11 bits per heavy atom. The summed E-state index contributed by atoms with van der Waals surface area (Å²) in [5.41, 5.74) is 8.54. The Hall–Kier alpha value is -1.72. The molecule has 0 spiro atoms. The van der Waals surface area contributed by atoms with Gasteiger partial charge in [0.1, 0.15) is 5.52 Å². The summed E-state index contributed by atoms with van der Waals surface area (Å²) < 4.78 is 6.37. The average Bonchev–Trinajstić information content (AvgIpc) is 2.78. The third-order valence-electron chi connectivity index (χ3n) is 2.62. The minimum Gasteiger partial charge on any atom is -0.423 e. The zero-order chi connectivity index (χ0) is 13.4. The summed E-state index contributed by atoms with van der Waals surface area (Å²) in [4.78, 5) is 4.31. The van der Waals surface area contributed by atoms with Gasteiger partial charge >= 0.3 is 0 Å². The number of nitrogens with two attached hydrogens (primary N) is 1. The zero-order valence-corrected chi connectivity index (χ0v) is 12.0. The van der Waals surface area contributed by atoms with Crippen LogP contribution in [-0.4, -0.2) is 4.98 Å². The van der Waals surface area contributed by atoms with E-state index in [-0.39, 0.29) is 0 Å². The molecule has 0 unspecified atom stereocenters. The van der Waals surface area contributed by atoms with Gasteiger partial charge in [-0.1, -0.05) is 17.7 Å². The Balaban J connectivity index is 1.96. The number of nitrogens with zero attached hydrogens (tertiary/aromatic N) is 1. The molecule has 0 bridgehead atoms. The predicted molar refractivity (Wildman–Crippen MR) is 80.9 cm³/mol. The van der Waals surface area contributed by atoms with Crippen LogP contribution >= 0.6 is 27.5 Å². The molecule has 0 aliphatic heterocycles. The van der Waals surface area contributed by atoms with Gasteiger partial charge in [0.2, 0.25) is 0 Å². The molecule has 19 heavy (non-hydrogen) atoms. The molecule has 2 aromatic carbocycles. The van der Waals surface area contributed by atoms with Crippen molar-refractivity contribution in [3.63, 3.8) is 0 Å². The molecule has 3 rings (SSSR count). The maximum absolute atomic E-state index is 5.94. The molecule has 1 aromatic heterocycles. The highest BCUT2D eigenvalue weighted by atomic mass is 79.9. The van der Waals surface area contributed by atoms with E-state index in [0.29, 0.717) is 27.8 Å². The lowest BCUT2D eigenvalue weighted by atomic mass is 10.3. The number of benzene rings is 2.